The Morgan fingerprint density at radius 2 is 1.74 bits per heavy atom. The molecule has 140 valence electrons. The van der Waals surface area contributed by atoms with Crippen molar-refractivity contribution < 1.29 is 13.2 Å². The molecule has 0 unspecified atom stereocenters. The molecule has 1 aromatic heterocycles. The summed E-state index contributed by atoms with van der Waals surface area (Å²) in [4.78, 5) is 16.6. The fourth-order valence-corrected chi connectivity index (χ4v) is 4.61. The Labute approximate surface area is 162 Å². The Hall–Kier alpha value is -2.71. The summed E-state index contributed by atoms with van der Waals surface area (Å²) in [5, 5.41) is 4.74. The van der Waals surface area contributed by atoms with Crippen molar-refractivity contribution in [3.8, 4) is 0 Å². The number of aromatic nitrogens is 1. The first kappa shape index (κ1) is 19.1. The number of thiazole rings is 1. The monoisotopic (exact) mass is 401 g/mol. The van der Waals surface area contributed by atoms with E-state index < -0.39 is 10.0 Å². The zero-order valence-electron chi connectivity index (χ0n) is 14.9. The lowest BCUT2D eigenvalue weighted by atomic mass is 10.1. The summed E-state index contributed by atoms with van der Waals surface area (Å²) < 4.78 is 27.1. The van der Waals surface area contributed by atoms with Crippen LogP contribution in [0.3, 0.4) is 0 Å². The van der Waals surface area contributed by atoms with E-state index in [0.29, 0.717) is 5.69 Å². The normalized spacial score (nSPS) is 11.2. The van der Waals surface area contributed by atoms with Crippen molar-refractivity contribution in [2.75, 3.05) is 10.0 Å². The number of hydrogen-bond donors (Lipinski definition) is 2. The van der Waals surface area contributed by atoms with Crippen molar-refractivity contribution >= 4 is 38.1 Å². The van der Waals surface area contributed by atoms with Gasteiger partial charge in [-0.1, -0.05) is 24.3 Å². The number of rotatable bonds is 6. The van der Waals surface area contributed by atoms with Gasteiger partial charge in [0.2, 0.25) is 5.91 Å². The summed E-state index contributed by atoms with van der Waals surface area (Å²) in [5.74, 6) is -0.206. The lowest BCUT2D eigenvalue weighted by molar-refractivity contribution is -0.115. The van der Waals surface area contributed by atoms with Crippen molar-refractivity contribution in [2.24, 2.45) is 0 Å². The number of benzene rings is 2. The van der Waals surface area contributed by atoms with Gasteiger partial charge in [0, 0.05) is 11.1 Å². The van der Waals surface area contributed by atoms with E-state index in [1.54, 1.807) is 23.6 Å². The lowest BCUT2D eigenvalue weighted by Crippen LogP contribution is -2.15. The number of carbonyl (C=O) groups is 1. The molecule has 0 radical (unpaired) electrons. The molecule has 0 saturated heterocycles. The van der Waals surface area contributed by atoms with Gasteiger partial charge in [-0.05, 0) is 49.2 Å². The van der Waals surface area contributed by atoms with Crippen LogP contribution in [0.5, 0.6) is 0 Å². The molecule has 3 aromatic rings. The predicted molar refractivity (Wildman–Crippen MR) is 108 cm³/mol. The SMILES string of the molecule is Cc1cc(C)cc(NC(=O)Cc2csc(NS(=O)(=O)c3ccccc3)n2)c1. The second-order valence-electron chi connectivity index (χ2n) is 6.16. The number of anilines is 2. The third-order valence-electron chi connectivity index (χ3n) is 3.67. The maximum atomic E-state index is 12.3. The van der Waals surface area contributed by atoms with Crippen LogP contribution >= 0.6 is 11.3 Å². The van der Waals surface area contributed by atoms with Crippen molar-refractivity contribution in [2.45, 2.75) is 25.2 Å². The highest BCUT2D eigenvalue weighted by atomic mass is 32.2. The molecule has 3 rings (SSSR count). The molecular formula is C19H19N3O3S2. The standard InChI is InChI=1S/C19H19N3O3S2/c1-13-8-14(2)10-15(9-13)20-18(23)11-16-12-26-19(21-16)22-27(24,25)17-6-4-3-5-7-17/h3-10,12H,11H2,1-2H3,(H,20,23)(H,21,22). The van der Waals surface area contributed by atoms with Gasteiger partial charge in [-0.15, -0.1) is 11.3 Å². The van der Waals surface area contributed by atoms with Crippen LogP contribution in [0.4, 0.5) is 10.8 Å². The van der Waals surface area contributed by atoms with E-state index in [1.165, 1.54) is 12.1 Å². The predicted octanol–water partition coefficient (Wildman–Crippen LogP) is 3.74. The number of aryl methyl sites for hydroxylation is 2. The fourth-order valence-electron chi connectivity index (χ4n) is 2.63. The summed E-state index contributed by atoms with van der Waals surface area (Å²) in [7, 11) is -3.69. The summed E-state index contributed by atoms with van der Waals surface area (Å²) in [6.45, 7) is 3.93. The van der Waals surface area contributed by atoms with Gasteiger partial charge in [0.05, 0.1) is 17.0 Å². The first-order valence-electron chi connectivity index (χ1n) is 8.22. The summed E-state index contributed by atoms with van der Waals surface area (Å²) >= 11 is 1.14. The van der Waals surface area contributed by atoms with Gasteiger partial charge in [0.25, 0.3) is 10.0 Å². The van der Waals surface area contributed by atoms with Crippen LogP contribution in [0.2, 0.25) is 0 Å². The number of sulfonamides is 1. The minimum Gasteiger partial charge on any atom is -0.326 e. The first-order valence-corrected chi connectivity index (χ1v) is 10.6. The average molecular weight is 402 g/mol. The third-order valence-corrected chi connectivity index (χ3v) is 5.96. The lowest BCUT2D eigenvalue weighted by Gasteiger charge is -2.07. The van der Waals surface area contributed by atoms with Crippen LogP contribution in [0.25, 0.3) is 0 Å². The van der Waals surface area contributed by atoms with E-state index in [4.69, 9.17) is 0 Å². The number of hydrogen-bond acceptors (Lipinski definition) is 5. The van der Waals surface area contributed by atoms with E-state index in [9.17, 15) is 13.2 Å². The summed E-state index contributed by atoms with van der Waals surface area (Å²) in [6.07, 6.45) is 0.0660. The molecule has 0 saturated carbocycles. The van der Waals surface area contributed by atoms with Gasteiger partial charge < -0.3 is 5.32 Å². The van der Waals surface area contributed by atoms with Crippen molar-refractivity contribution in [1.29, 1.82) is 0 Å². The van der Waals surface area contributed by atoms with Gasteiger partial charge in [0.15, 0.2) is 5.13 Å². The Bertz CT molecular complexity index is 1040. The highest BCUT2D eigenvalue weighted by Gasteiger charge is 2.16. The van der Waals surface area contributed by atoms with Gasteiger partial charge in [-0.2, -0.15) is 0 Å². The van der Waals surface area contributed by atoms with Crippen LogP contribution < -0.4 is 10.0 Å². The smallest absolute Gasteiger partial charge is 0.263 e. The molecule has 2 N–H and O–H groups in total. The number of nitrogens with zero attached hydrogens (tertiary/aromatic N) is 1. The second kappa shape index (κ2) is 7.89. The van der Waals surface area contributed by atoms with Crippen LogP contribution in [-0.2, 0) is 21.2 Å². The zero-order valence-corrected chi connectivity index (χ0v) is 16.5. The number of amides is 1. The van der Waals surface area contributed by atoms with E-state index in [1.807, 2.05) is 32.0 Å². The van der Waals surface area contributed by atoms with Crippen molar-refractivity contribution in [1.82, 2.24) is 4.98 Å². The first-order chi connectivity index (χ1) is 12.8. The minimum absolute atomic E-state index is 0.0660. The van der Waals surface area contributed by atoms with Crippen LogP contribution in [-0.4, -0.2) is 19.3 Å². The molecule has 0 atom stereocenters. The van der Waals surface area contributed by atoms with Crippen molar-refractivity contribution in [3.63, 3.8) is 0 Å². The maximum absolute atomic E-state index is 12.3. The molecular weight excluding hydrogens is 382 g/mol. The van der Waals surface area contributed by atoms with E-state index >= 15 is 0 Å². The van der Waals surface area contributed by atoms with Crippen LogP contribution in [0.15, 0.2) is 58.8 Å². The molecule has 8 heteroatoms. The van der Waals surface area contributed by atoms with Crippen LogP contribution in [0, 0.1) is 13.8 Å². The van der Waals surface area contributed by atoms with Gasteiger partial charge in [0.1, 0.15) is 0 Å². The zero-order chi connectivity index (χ0) is 19.4. The van der Waals surface area contributed by atoms with Gasteiger partial charge >= 0.3 is 0 Å². The molecule has 2 aromatic carbocycles. The molecule has 0 aliphatic rings. The summed E-state index contributed by atoms with van der Waals surface area (Å²) in [6, 6.07) is 13.9. The highest BCUT2D eigenvalue weighted by Crippen LogP contribution is 2.21. The molecule has 1 heterocycles. The number of nitrogens with one attached hydrogen (secondary N) is 2. The quantitative estimate of drug-likeness (QED) is 0.659. The average Bonchev–Trinajstić information content (AvgIpc) is 3.00. The molecule has 0 fully saturated rings. The molecule has 1 amide bonds. The minimum atomic E-state index is -3.69. The molecule has 0 aliphatic heterocycles. The Balaban J connectivity index is 1.64. The van der Waals surface area contributed by atoms with Crippen LogP contribution in [0.1, 0.15) is 16.8 Å². The Morgan fingerprint density at radius 3 is 2.41 bits per heavy atom. The fraction of sp³-hybridized carbons (Fsp3) is 0.158. The maximum Gasteiger partial charge on any atom is 0.263 e. The Morgan fingerprint density at radius 1 is 1.07 bits per heavy atom. The highest BCUT2D eigenvalue weighted by molar-refractivity contribution is 7.93. The van der Waals surface area contributed by atoms with Gasteiger partial charge in [-0.25, -0.2) is 13.4 Å². The topological polar surface area (TPSA) is 88.2 Å². The molecule has 0 spiro atoms. The summed E-state index contributed by atoms with van der Waals surface area (Å²) in [5.41, 5.74) is 3.37. The molecule has 6 nitrogen and oxygen atoms in total. The molecule has 0 bridgehead atoms. The largest absolute Gasteiger partial charge is 0.326 e. The van der Waals surface area contributed by atoms with Gasteiger partial charge in [-0.3, -0.25) is 9.52 Å². The number of carbonyl (C=O) groups excluding carboxylic acids is 1. The molecule has 27 heavy (non-hydrogen) atoms. The van der Waals surface area contributed by atoms with E-state index in [-0.39, 0.29) is 22.4 Å². The van der Waals surface area contributed by atoms with E-state index in [0.717, 1.165) is 28.2 Å². The molecule has 0 aliphatic carbocycles. The van der Waals surface area contributed by atoms with E-state index in [2.05, 4.69) is 15.0 Å². The third kappa shape index (κ3) is 5.15. The van der Waals surface area contributed by atoms with Crippen molar-refractivity contribution in [3.05, 3.63) is 70.7 Å². The Kier molecular flexibility index (Phi) is 5.57. The second-order valence-corrected chi connectivity index (χ2v) is 8.70.